The Bertz CT molecular complexity index is 794. The molecule has 1 unspecified atom stereocenters. The molecule has 1 amide bonds. The van der Waals surface area contributed by atoms with E-state index in [-0.39, 0.29) is 12.7 Å². The van der Waals surface area contributed by atoms with Crippen LogP contribution in [0.15, 0.2) is 30.6 Å². The van der Waals surface area contributed by atoms with Crippen LogP contribution in [-0.4, -0.2) is 40.7 Å². The predicted molar refractivity (Wildman–Crippen MR) is 96.2 cm³/mol. The summed E-state index contributed by atoms with van der Waals surface area (Å²) in [6.45, 7) is 4.62. The summed E-state index contributed by atoms with van der Waals surface area (Å²) in [6.07, 6.45) is 5.38. The first-order valence-corrected chi connectivity index (χ1v) is 8.93. The van der Waals surface area contributed by atoms with Crippen LogP contribution in [0.1, 0.15) is 35.8 Å². The molecule has 0 aliphatic carbocycles. The number of carbonyl (C=O) groups is 1. The van der Waals surface area contributed by atoms with E-state index in [9.17, 15) is 4.79 Å². The van der Waals surface area contributed by atoms with Gasteiger partial charge in [0.25, 0.3) is 5.91 Å². The first-order valence-electron chi connectivity index (χ1n) is 8.93. The van der Waals surface area contributed by atoms with Crippen LogP contribution in [0.4, 0.5) is 5.82 Å². The number of hydrogen-bond acceptors (Lipinski definition) is 6. The highest BCUT2D eigenvalue weighted by atomic mass is 16.7. The fourth-order valence-corrected chi connectivity index (χ4v) is 3.31. The van der Waals surface area contributed by atoms with E-state index in [1.807, 2.05) is 23.1 Å². The third kappa shape index (κ3) is 3.56. The van der Waals surface area contributed by atoms with E-state index in [2.05, 4.69) is 22.2 Å². The molecule has 0 saturated carbocycles. The zero-order valence-electron chi connectivity index (χ0n) is 14.8. The lowest BCUT2D eigenvalue weighted by atomic mass is 10.0. The van der Waals surface area contributed by atoms with Gasteiger partial charge in [0.1, 0.15) is 11.5 Å². The zero-order chi connectivity index (χ0) is 17.9. The number of rotatable bonds is 4. The van der Waals surface area contributed by atoms with Crippen molar-refractivity contribution in [3.63, 3.8) is 0 Å². The highest BCUT2D eigenvalue weighted by Gasteiger charge is 2.23. The van der Waals surface area contributed by atoms with Gasteiger partial charge in [0, 0.05) is 19.6 Å². The Hall–Kier alpha value is -2.83. The molecule has 3 heterocycles. The van der Waals surface area contributed by atoms with Crippen LogP contribution < -0.4 is 14.8 Å². The number of nitrogens with one attached hydrogen (secondary N) is 1. The van der Waals surface area contributed by atoms with Crippen molar-refractivity contribution in [2.24, 2.45) is 5.92 Å². The summed E-state index contributed by atoms with van der Waals surface area (Å²) in [5.41, 5.74) is 1.45. The summed E-state index contributed by atoms with van der Waals surface area (Å²) in [7, 11) is 0. The van der Waals surface area contributed by atoms with Gasteiger partial charge in [-0.1, -0.05) is 13.0 Å². The third-order valence-electron chi connectivity index (χ3n) is 4.73. The molecule has 136 valence electrons. The number of aromatic nitrogens is 2. The van der Waals surface area contributed by atoms with Gasteiger partial charge in [0.15, 0.2) is 11.5 Å². The molecule has 1 aromatic carbocycles. The van der Waals surface area contributed by atoms with E-state index in [0.29, 0.717) is 24.0 Å². The number of fused-ring (bicyclic) bond motifs is 1. The molecule has 2 aliphatic heterocycles. The molecule has 7 heteroatoms. The summed E-state index contributed by atoms with van der Waals surface area (Å²) in [6, 6.07) is 5.81. The van der Waals surface area contributed by atoms with Crippen molar-refractivity contribution in [3.05, 3.63) is 41.9 Å². The fourth-order valence-electron chi connectivity index (χ4n) is 3.31. The number of hydrogen-bond donors (Lipinski definition) is 1. The Morgan fingerprint density at radius 3 is 2.96 bits per heavy atom. The summed E-state index contributed by atoms with van der Waals surface area (Å²) < 4.78 is 10.7. The van der Waals surface area contributed by atoms with Crippen LogP contribution >= 0.6 is 0 Å². The number of amides is 1. The second-order valence-electron chi connectivity index (χ2n) is 6.83. The Labute approximate surface area is 152 Å². The molecule has 1 aromatic heterocycles. The van der Waals surface area contributed by atoms with E-state index in [1.165, 1.54) is 6.42 Å². The Kier molecular flexibility index (Phi) is 4.60. The third-order valence-corrected chi connectivity index (χ3v) is 4.73. The number of anilines is 1. The molecular formula is C19H22N4O3. The minimum Gasteiger partial charge on any atom is -0.454 e. The average molecular weight is 354 g/mol. The van der Waals surface area contributed by atoms with Gasteiger partial charge in [0.2, 0.25) is 6.79 Å². The molecule has 0 bridgehead atoms. The normalized spacial score (nSPS) is 18.7. The Balaban J connectivity index is 1.36. The monoisotopic (exact) mass is 354 g/mol. The summed E-state index contributed by atoms with van der Waals surface area (Å²) in [4.78, 5) is 23.0. The summed E-state index contributed by atoms with van der Waals surface area (Å²) >= 11 is 0. The van der Waals surface area contributed by atoms with Crippen molar-refractivity contribution < 1.29 is 14.3 Å². The van der Waals surface area contributed by atoms with E-state index in [4.69, 9.17) is 9.47 Å². The van der Waals surface area contributed by atoms with Crippen molar-refractivity contribution in [2.45, 2.75) is 26.3 Å². The highest BCUT2D eigenvalue weighted by Crippen LogP contribution is 2.32. The molecular weight excluding hydrogens is 332 g/mol. The molecule has 1 N–H and O–H groups in total. The van der Waals surface area contributed by atoms with Crippen LogP contribution in [0.2, 0.25) is 0 Å². The van der Waals surface area contributed by atoms with E-state index in [0.717, 1.165) is 36.6 Å². The topological polar surface area (TPSA) is 76.6 Å². The van der Waals surface area contributed by atoms with Gasteiger partial charge in [-0.15, -0.1) is 0 Å². The van der Waals surface area contributed by atoms with Crippen molar-refractivity contribution in [1.82, 2.24) is 14.9 Å². The van der Waals surface area contributed by atoms with E-state index < -0.39 is 0 Å². The van der Waals surface area contributed by atoms with Gasteiger partial charge in [-0.2, -0.15) is 0 Å². The van der Waals surface area contributed by atoms with Gasteiger partial charge in [-0.05, 0) is 36.5 Å². The molecule has 0 spiro atoms. The second kappa shape index (κ2) is 7.19. The first kappa shape index (κ1) is 16.6. The maximum Gasteiger partial charge on any atom is 0.274 e. The molecule has 7 nitrogen and oxygen atoms in total. The largest absolute Gasteiger partial charge is 0.454 e. The molecule has 4 rings (SSSR count). The lowest BCUT2D eigenvalue weighted by Gasteiger charge is -2.30. The van der Waals surface area contributed by atoms with Crippen molar-refractivity contribution in [3.8, 4) is 11.5 Å². The van der Waals surface area contributed by atoms with Gasteiger partial charge in [-0.25, -0.2) is 9.97 Å². The van der Waals surface area contributed by atoms with Gasteiger partial charge < -0.3 is 19.7 Å². The SMILES string of the molecule is CC1CCCN(C(=O)c2cnc(NCc3ccc4c(c3)OCO4)cn2)C1. The molecule has 1 fully saturated rings. The van der Waals surface area contributed by atoms with Crippen LogP contribution in [0, 0.1) is 5.92 Å². The van der Waals surface area contributed by atoms with Crippen LogP contribution in [0.5, 0.6) is 11.5 Å². The minimum atomic E-state index is -0.0358. The summed E-state index contributed by atoms with van der Waals surface area (Å²) in [5, 5.41) is 3.21. The van der Waals surface area contributed by atoms with Gasteiger partial charge >= 0.3 is 0 Å². The fraction of sp³-hybridized carbons (Fsp3) is 0.421. The smallest absolute Gasteiger partial charge is 0.274 e. The molecule has 26 heavy (non-hydrogen) atoms. The number of benzene rings is 1. The van der Waals surface area contributed by atoms with Gasteiger partial charge in [-0.3, -0.25) is 4.79 Å². The minimum absolute atomic E-state index is 0.0358. The molecule has 1 atom stereocenters. The maximum absolute atomic E-state index is 12.5. The Morgan fingerprint density at radius 1 is 1.27 bits per heavy atom. The number of piperidine rings is 1. The van der Waals surface area contributed by atoms with Gasteiger partial charge in [0.05, 0.1) is 12.4 Å². The van der Waals surface area contributed by atoms with Crippen molar-refractivity contribution in [2.75, 3.05) is 25.2 Å². The quantitative estimate of drug-likeness (QED) is 0.910. The standard InChI is InChI=1S/C19H22N4O3/c1-13-3-2-6-23(11-13)19(24)15-9-22-18(10-20-15)21-8-14-4-5-16-17(7-14)26-12-25-16/h4-5,7,9-10,13H,2-3,6,8,11-12H2,1H3,(H,21,22). The van der Waals surface area contributed by atoms with Crippen molar-refractivity contribution >= 4 is 11.7 Å². The lowest BCUT2D eigenvalue weighted by Crippen LogP contribution is -2.39. The van der Waals surface area contributed by atoms with Crippen LogP contribution in [0.25, 0.3) is 0 Å². The first-order chi connectivity index (χ1) is 12.7. The summed E-state index contributed by atoms with van der Waals surface area (Å²) in [5.74, 6) is 2.66. The molecule has 1 saturated heterocycles. The van der Waals surface area contributed by atoms with Crippen LogP contribution in [-0.2, 0) is 6.54 Å². The Morgan fingerprint density at radius 2 is 2.15 bits per heavy atom. The average Bonchev–Trinajstić information content (AvgIpc) is 3.14. The van der Waals surface area contributed by atoms with Crippen LogP contribution in [0.3, 0.4) is 0 Å². The number of ether oxygens (including phenoxy) is 2. The molecule has 0 radical (unpaired) electrons. The number of carbonyl (C=O) groups excluding carboxylic acids is 1. The predicted octanol–water partition coefficient (Wildman–Crippen LogP) is 2.69. The number of likely N-dealkylation sites (tertiary alicyclic amines) is 1. The highest BCUT2D eigenvalue weighted by molar-refractivity contribution is 5.92. The van der Waals surface area contributed by atoms with E-state index >= 15 is 0 Å². The molecule has 2 aliphatic rings. The second-order valence-corrected chi connectivity index (χ2v) is 6.83. The molecule has 2 aromatic rings. The van der Waals surface area contributed by atoms with Crippen molar-refractivity contribution in [1.29, 1.82) is 0 Å². The van der Waals surface area contributed by atoms with E-state index in [1.54, 1.807) is 12.4 Å². The lowest BCUT2D eigenvalue weighted by molar-refractivity contribution is 0.0676. The maximum atomic E-state index is 12.5. The number of nitrogens with zero attached hydrogens (tertiary/aromatic N) is 3. The zero-order valence-corrected chi connectivity index (χ0v) is 14.8.